The van der Waals surface area contributed by atoms with Crippen molar-refractivity contribution in [1.29, 1.82) is 0 Å². The molecule has 106 valence electrons. The van der Waals surface area contributed by atoms with Crippen LogP contribution in [0.3, 0.4) is 0 Å². The predicted octanol–water partition coefficient (Wildman–Crippen LogP) is 1.38. The van der Waals surface area contributed by atoms with Crippen LogP contribution in [-0.2, 0) is 4.79 Å². The summed E-state index contributed by atoms with van der Waals surface area (Å²) >= 11 is 0. The van der Waals surface area contributed by atoms with Crippen LogP contribution >= 0.6 is 0 Å². The second kappa shape index (κ2) is 6.70. The Labute approximate surface area is 118 Å². The monoisotopic (exact) mass is 273 g/mol. The number of carbonyl (C=O) groups excluding carboxylic acids is 1. The zero-order valence-electron chi connectivity index (χ0n) is 11.7. The number of nitrogens with one attached hydrogen (secondary N) is 2. The molecular weight excluding hydrogens is 254 g/mol. The van der Waals surface area contributed by atoms with Gasteiger partial charge in [-0.1, -0.05) is 0 Å². The topological polar surface area (TPSA) is 71.8 Å². The highest BCUT2D eigenvalue weighted by atomic mass is 16.2. The summed E-state index contributed by atoms with van der Waals surface area (Å²) in [7, 11) is 0. The van der Waals surface area contributed by atoms with Crippen LogP contribution in [0.2, 0.25) is 0 Å². The van der Waals surface area contributed by atoms with E-state index in [4.69, 9.17) is 0 Å². The molecule has 0 saturated carbocycles. The Morgan fingerprint density at radius 1 is 1.40 bits per heavy atom. The summed E-state index contributed by atoms with van der Waals surface area (Å²) in [5.74, 6) is -0.0399. The third kappa shape index (κ3) is 3.57. The number of aryl methyl sites for hydroxylation is 1. The molecule has 1 amide bonds. The second-order valence-electron chi connectivity index (χ2n) is 4.57. The van der Waals surface area contributed by atoms with E-state index in [1.807, 2.05) is 19.9 Å². The van der Waals surface area contributed by atoms with Gasteiger partial charge >= 0.3 is 0 Å². The molecule has 0 saturated heterocycles. The first kappa shape index (κ1) is 14.0. The number of aromatic nitrogens is 3. The molecule has 2 rings (SSSR count). The smallest absolute Gasteiger partial charge is 0.244 e. The van der Waals surface area contributed by atoms with E-state index >= 15 is 0 Å². The van der Waals surface area contributed by atoms with Crippen molar-refractivity contribution in [2.45, 2.75) is 19.9 Å². The molecule has 2 heterocycles. The first-order valence-electron chi connectivity index (χ1n) is 6.60. The Kier molecular flexibility index (Phi) is 4.70. The van der Waals surface area contributed by atoms with E-state index in [0.717, 1.165) is 11.3 Å². The van der Waals surface area contributed by atoms with Gasteiger partial charge in [0.1, 0.15) is 6.04 Å². The van der Waals surface area contributed by atoms with Crippen molar-refractivity contribution >= 4 is 11.6 Å². The normalized spacial score (nSPS) is 11.9. The maximum absolute atomic E-state index is 11.9. The average molecular weight is 273 g/mol. The minimum Gasteiger partial charge on any atom is -0.383 e. The van der Waals surface area contributed by atoms with Gasteiger partial charge in [-0.2, -0.15) is 5.10 Å². The molecule has 0 fully saturated rings. The fourth-order valence-corrected chi connectivity index (χ4v) is 1.83. The lowest BCUT2D eigenvalue weighted by atomic mass is 10.2. The molecule has 0 aromatic carbocycles. The van der Waals surface area contributed by atoms with Gasteiger partial charge in [-0.25, -0.2) is 0 Å². The van der Waals surface area contributed by atoms with Crippen molar-refractivity contribution in [1.82, 2.24) is 20.1 Å². The molecule has 0 bridgehead atoms. The van der Waals surface area contributed by atoms with Crippen LogP contribution in [0.25, 0.3) is 0 Å². The van der Waals surface area contributed by atoms with Crippen LogP contribution in [0.4, 0.5) is 5.69 Å². The summed E-state index contributed by atoms with van der Waals surface area (Å²) < 4.78 is 1.63. The Morgan fingerprint density at radius 2 is 2.25 bits per heavy atom. The molecule has 0 radical (unpaired) electrons. The first-order valence-corrected chi connectivity index (χ1v) is 6.60. The lowest BCUT2D eigenvalue weighted by molar-refractivity contribution is -0.124. The van der Waals surface area contributed by atoms with Crippen LogP contribution in [0.5, 0.6) is 0 Å². The number of pyridine rings is 1. The number of amides is 1. The van der Waals surface area contributed by atoms with Crippen LogP contribution in [0.1, 0.15) is 18.5 Å². The van der Waals surface area contributed by atoms with Gasteiger partial charge in [0.25, 0.3) is 0 Å². The largest absolute Gasteiger partial charge is 0.383 e. The summed E-state index contributed by atoms with van der Waals surface area (Å²) in [4.78, 5) is 15.9. The lowest BCUT2D eigenvalue weighted by Gasteiger charge is -2.13. The maximum Gasteiger partial charge on any atom is 0.244 e. The number of hydrogen-bond acceptors (Lipinski definition) is 4. The molecule has 0 spiro atoms. The number of nitrogens with zero attached hydrogens (tertiary/aromatic N) is 3. The van der Waals surface area contributed by atoms with Gasteiger partial charge < -0.3 is 10.6 Å². The van der Waals surface area contributed by atoms with E-state index in [-0.39, 0.29) is 11.9 Å². The van der Waals surface area contributed by atoms with Gasteiger partial charge in [-0.05, 0) is 31.5 Å². The van der Waals surface area contributed by atoms with E-state index in [1.54, 1.807) is 35.5 Å². The number of hydrogen-bond donors (Lipinski definition) is 2. The summed E-state index contributed by atoms with van der Waals surface area (Å²) in [5.41, 5.74) is 2.12. The van der Waals surface area contributed by atoms with Gasteiger partial charge in [0.15, 0.2) is 0 Å². The van der Waals surface area contributed by atoms with Crippen molar-refractivity contribution < 1.29 is 4.79 Å². The standard InChI is InChI=1S/C14H19N5O/c1-11-10-15-6-4-13(11)16-7-8-17-14(20)12(2)19-9-3-5-18-19/h3-6,9-10,12H,7-8H2,1-2H3,(H,15,16)(H,17,20)/t12-/m0/s1. The number of rotatable bonds is 6. The molecule has 2 aromatic rings. The van der Waals surface area contributed by atoms with E-state index < -0.39 is 0 Å². The Bertz CT molecular complexity index is 552. The van der Waals surface area contributed by atoms with E-state index in [2.05, 4.69) is 20.7 Å². The second-order valence-corrected chi connectivity index (χ2v) is 4.57. The molecule has 2 N–H and O–H groups in total. The van der Waals surface area contributed by atoms with Gasteiger partial charge in [0, 0.05) is 43.6 Å². The Balaban J connectivity index is 1.73. The lowest BCUT2D eigenvalue weighted by Crippen LogP contribution is -2.34. The van der Waals surface area contributed by atoms with E-state index in [0.29, 0.717) is 13.1 Å². The summed E-state index contributed by atoms with van der Waals surface area (Å²) in [6.45, 7) is 5.05. The third-order valence-electron chi connectivity index (χ3n) is 3.06. The van der Waals surface area contributed by atoms with Crippen molar-refractivity contribution in [3.63, 3.8) is 0 Å². The van der Waals surface area contributed by atoms with Crippen LogP contribution in [-0.4, -0.2) is 33.8 Å². The van der Waals surface area contributed by atoms with Gasteiger partial charge in [-0.15, -0.1) is 0 Å². The number of carbonyl (C=O) groups is 1. The molecule has 0 aliphatic carbocycles. The van der Waals surface area contributed by atoms with Crippen LogP contribution in [0, 0.1) is 6.92 Å². The molecule has 2 aromatic heterocycles. The zero-order valence-corrected chi connectivity index (χ0v) is 11.7. The Hall–Kier alpha value is -2.37. The average Bonchev–Trinajstić information content (AvgIpc) is 2.98. The van der Waals surface area contributed by atoms with E-state index in [1.165, 1.54) is 0 Å². The minimum atomic E-state index is -0.298. The predicted molar refractivity (Wildman–Crippen MR) is 77.4 cm³/mol. The molecule has 6 heteroatoms. The summed E-state index contributed by atoms with van der Waals surface area (Å²) in [6.07, 6.45) is 6.99. The van der Waals surface area contributed by atoms with Gasteiger partial charge in [0.05, 0.1) is 0 Å². The quantitative estimate of drug-likeness (QED) is 0.780. The molecule has 20 heavy (non-hydrogen) atoms. The summed E-state index contributed by atoms with van der Waals surface area (Å²) in [5, 5.41) is 10.2. The number of anilines is 1. The molecule has 1 atom stereocenters. The van der Waals surface area contributed by atoms with Crippen molar-refractivity contribution in [3.05, 3.63) is 42.5 Å². The van der Waals surface area contributed by atoms with Crippen molar-refractivity contribution in [2.24, 2.45) is 0 Å². The van der Waals surface area contributed by atoms with Gasteiger partial charge in [-0.3, -0.25) is 14.5 Å². The van der Waals surface area contributed by atoms with E-state index in [9.17, 15) is 4.79 Å². The highest BCUT2D eigenvalue weighted by molar-refractivity contribution is 5.79. The summed E-state index contributed by atoms with van der Waals surface area (Å²) in [6, 6.07) is 3.42. The maximum atomic E-state index is 11.9. The third-order valence-corrected chi connectivity index (χ3v) is 3.06. The first-order chi connectivity index (χ1) is 9.68. The molecule has 0 aliphatic rings. The fraction of sp³-hybridized carbons (Fsp3) is 0.357. The van der Waals surface area contributed by atoms with Crippen molar-refractivity contribution in [3.8, 4) is 0 Å². The van der Waals surface area contributed by atoms with Crippen molar-refractivity contribution in [2.75, 3.05) is 18.4 Å². The Morgan fingerprint density at radius 3 is 2.95 bits per heavy atom. The highest BCUT2D eigenvalue weighted by Gasteiger charge is 2.13. The van der Waals surface area contributed by atoms with Crippen LogP contribution < -0.4 is 10.6 Å². The zero-order chi connectivity index (χ0) is 14.4. The van der Waals surface area contributed by atoms with Crippen LogP contribution in [0.15, 0.2) is 36.9 Å². The highest BCUT2D eigenvalue weighted by Crippen LogP contribution is 2.10. The molecule has 0 aliphatic heterocycles. The fourth-order valence-electron chi connectivity index (χ4n) is 1.83. The minimum absolute atomic E-state index is 0.0399. The molecule has 6 nitrogen and oxygen atoms in total. The molecular formula is C14H19N5O. The van der Waals surface area contributed by atoms with Gasteiger partial charge in [0.2, 0.25) is 5.91 Å². The SMILES string of the molecule is Cc1cnccc1NCCNC(=O)[C@H](C)n1cccn1. The molecule has 0 unspecified atom stereocenters.